The molecule has 0 radical (unpaired) electrons. The number of rotatable bonds is 2. The van der Waals surface area contributed by atoms with Gasteiger partial charge in [0.2, 0.25) is 0 Å². The monoisotopic (exact) mass is 309 g/mol. The van der Waals surface area contributed by atoms with Gasteiger partial charge in [-0.1, -0.05) is 39.3 Å². The molecule has 1 aromatic rings. The first-order valence-electron chi connectivity index (χ1n) is 7.61. The average Bonchev–Trinajstić information content (AvgIpc) is 2.91. The zero-order valence-electron chi connectivity index (χ0n) is 13.2. The maximum absolute atomic E-state index is 6.54. The minimum absolute atomic E-state index is 0.0837. The van der Waals surface area contributed by atoms with Gasteiger partial charge in [-0.15, -0.1) is 0 Å². The van der Waals surface area contributed by atoms with Crippen LogP contribution in [0.5, 0.6) is 11.5 Å². The zero-order chi connectivity index (χ0) is 15.4. The van der Waals surface area contributed by atoms with Gasteiger partial charge in [-0.3, -0.25) is 0 Å². The summed E-state index contributed by atoms with van der Waals surface area (Å²) in [6, 6.07) is 3.73. The van der Waals surface area contributed by atoms with Crippen molar-refractivity contribution in [3.05, 3.63) is 22.7 Å². The van der Waals surface area contributed by atoms with E-state index >= 15 is 0 Å². The first-order valence-corrected chi connectivity index (χ1v) is 7.99. The quantitative estimate of drug-likeness (QED) is 0.891. The van der Waals surface area contributed by atoms with Crippen LogP contribution in [0, 0.1) is 16.7 Å². The van der Waals surface area contributed by atoms with Gasteiger partial charge in [0.15, 0.2) is 11.5 Å². The van der Waals surface area contributed by atoms with Crippen LogP contribution in [0.4, 0.5) is 0 Å². The molecule has 0 bridgehead atoms. The molecule has 0 amide bonds. The Bertz CT molecular complexity index is 554. The summed E-state index contributed by atoms with van der Waals surface area (Å²) in [5.41, 5.74) is 7.95. The third kappa shape index (κ3) is 2.22. The molecule has 3 nitrogen and oxygen atoms in total. The number of nitrogens with two attached hydrogens (primary N) is 1. The van der Waals surface area contributed by atoms with E-state index in [0.29, 0.717) is 24.2 Å². The highest BCUT2D eigenvalue weighted by Gasteiger charge is 2.66. The molecule has 4 heteroatoms. The number of halogens is 1. The fourth-order valence-electron chi connectivity index (χ4n) is 3.78. The smallest absolute Gasteiger partial charge is 0.162 e. The number of benzene rings is 1. The van der Waals surface area contributed by atoms with Crippen molar-refractivity contribution in [1.29, 1.82) is 0 Å². The van der Waals surface area contributed by atoms with Crippen LogP contribution in [0.15, 0.2) is 12.1 Å². The van der Waals surface area contributed by atoms with Crippen LogP contribution in [0.3, 0.4) is 0 Å². The second-order valence-corrected chi connectivity index (χ2v) is 7.72. The summed E-state index contributed by atoms with van der Waals surface area (Å²) in [5.74, 6) is 1.90. The molecule has 1 aliphatic heterocycles. The van der Waals surface area contributed by atoms with Gasteiger partial charge < -0.3 is 15.2 Å². The van der Waals surface area contributed by atoms with Crippen molar-refractivity contribution in [2.24, 2.45) is 22.5 Å². The molecule has 116 valence electrons. The second kappa shape index (κ2) is 4.79. The third-order valence-corrected chi connectivity index (χ3v) is 6.04. The predicted octanol–water partition coefficient (Wildman–Crippen LogP) is 4.18. The number of ether oxygens (including phenoxy) is 2. The van der Waals surface area contributed by atoms with E-state index < -0.39 is 0 Å². The highest BCUT2D eigenvalue weighted by Crippen LogP contribution is 2.72. The van der Waals surface area contributed by atoms with Gasteiger partial charge in [0.05, 0.1) is 13.2 Å². The molecular weight excluding hydrogens is 286 g/mol. The molecule has 1 aliphatic carbocycles. The van der Waals surface area contributed by atoms with Gasteiger partial charge >= 0.3 is 0 Å². The van der Waals surface area contributed by atoms with E-state index in [1.807, 2.05) is 12.1 Å². The lowest BCUT2D eigenvalue weighted by Gasteiger charge is -2.18. The molecule has 0 saturated heterocycles. The summed E-state index contributed by atoms with van der Waals surface area (Å²) in [5, 5.41) is 0.672. The van der Waals surface area contributed by atoms with E-state index in [9.17, 15) is 0 Å². The molecule has 1 unspecified atom stereocenters. The lowest BCUT2D eigenvalue weighted by molar-refractivity contribution is 0.297. The van der Waals surface area contributed by atoms with Crippen LogP contribution >= 0.6 is 11.6 Å². The largest absolute Gasteiger partial charge is 0.490 e. The number of fused-ring (bicyclic) bond motifs is 1. The topological polar surface area (TPSA) is 44.5 Å². The first-order chi connectivity index (χ1) is 9.76. The zero-order valence-corrected chi connectivity index (χ0v) is 14.0. The maximum atomic E-state index is 6.54. The highest BCUT2D eigenvalue weighted by molar-refractivity contribution is 6.31. The van der Waals surface area contributed by atoms with Crippen LogP contribution in [-0.2, 0) is 0 Å². The van der Waals surface area contributed by atoms with E-state index in [0.717, 1.165) is 23.5 Å². The summed E-state index contributed by atoms with van der Waals surface area (Å²) in [7, 11) is 0. The normalized spacial score (nSPS) is 24.3. The van der Waals surface area contributed by atoms with Gasteiger partial charge in [0.25, 0.3) is 0 Å². The summed E-state index contributed by atoms with van der Waals surface area (Å²) in [6.07, 6.45) is 0.885. The van der Waals surface area contributed by atoms with E-state index in [-0.39, 0.29) is 16.9 Å². The lowest BCUT2D eigenvalue weighted by Crippen LogP contribution is -2.17. The molecule has 1 fully saturated rings. The van der Waals surface area contributed by atoms with Crippen molar-refractivity contribution in [2.75, 3.05) is 13.2 Å². The molecule has 3 rings (SSSR count). The number of hydrogen-bond donors (Lipinski definition) is 1. The Morgan fingerprint density at radius 1 is 1.10 bits per heavy atom. The molecular formula is C17H24ClNO2. The SMILES string of the molecule is CC1(C)C(C(N)c2cc3c(cc2Cl)OCCCO3)C1(C)C. The molecule has 1 aromatic carbocycles. The molecule has 2 aliphatic rings. The molecule has 1 heterocycles. The van der Waals surface area contributed by atoms with Crippen molar-refractivity contribution in [3.8, 4) is 11.5 Å². The molecule has 1 saturated carbocycles. The van der Waals surface area contributed by atoms with Crippen molar-refractivity contribution < 1.29 is 9.47 Å². The van der Waals surface area contributed by atoms with Crippen LogP contribution in [0.2, 0.25) is 5.02 Å². The Hall–Kier alpha value is -0.930. The summed E-state index contributed by atoms with van der Waals surface area (Å²) in [6.45, 7) is 10.4. The standard InChI is InChI=1S/C17H24ClNO2/c1-16(2)15(17(16,3)4)14(19)10-8-12-13(9-11(10)18)21-7-5-6-20-12/h8-9,14-15H,5-7,19H2,1-4H3. The van der Waals surface area contributed by atoms with Crippen molar-refractivity contribution in [1.82, 2.24) is 0 Å². The van der Waals surface area contributed by atoms with E-state index in [4.69, 9.17) is 26.8 Å². The van der Waals surface area contributed by atoms with Crippen molar-refractivity contribution in [2.45, 2.75) is 40.2 Å². The molecule has 1 atom stereocenters. The molecule has 21 heavy (non-hydrogen) atoms. The Balaban J connectivity index is 1.94. The average molecular weight is 310 g/mol. The molecule has 0 spiro atoms. The maximum Gasteiger partial charge on any atom is 0.162 e. The van der Waals surface area contributed by atoms with Gasteiger partial charge in [-0.25, -0.2) is 0 Å². The Kier molecular flexibility index (Phi) is 3.42. The summed E-state index contributed by atoms with van der Waals surface area (Å²) < 4.78 is 11.4. The second-order valence-electron chi connectivity index (χ2n) is 7.32. The Labute approximate surface area is 131 Å². The Morgan fingerprint density at radius 2 is 1.62 bits per heavy atom. The third-order valence-electron chi connectivity index (χ3n) is 5.72. The minimum atomic E-state index is -0.0837. The van der Waals surface area contributed by atoms with Crippen LogP contribution in [0.1, 0.15) is 45.7 Å². The van der Waals surface area contributed by atoms with Crippen LogP contribution in [-0.4, -0.2) is 13.2 Å². The van der Waals surface area contributed by atoms with Crippen LogP contribution < -0.4 is 15.2 Å². The fourth-order valence-corrected chi connectivity index (χ4v) is 4.06. The van der Waals surface area contributed by atoms with Gasteiger partial charge in [-0.05, 0) is 28.4 Å². The van der Waals surface area contributed by atoms with Gasteiger partial charge in [0.1, 0.15) is 0 Å². The fraction of sp³-hybridized carbons (Fsp3) is 0.647. The lowest BCUT2D eigenvalue weighted by atomic mass is 9.97. The molecule has 0 aromatic heterocycles. The van der Waals surface area contributed by atoms with Gasteiger partial charge in [0, 0.05) is 23.6 Å². The van der Waals surface area contributed by atoms with Gasteiger partial charge in [-0.2, -0.15) is 0 Å². The molecule has 2 N–H and O–H groups in total. The Morgan fingerprint density at radius 3 is 2.14 bits per heavy atom. The highest BCUT2D eigenvalue weighted by atomic mass is 35.5. The van der Waals surface area contributed by atoms with E-state index in [1.54, 1.807) is 0 Å². The predicted molar refractivity (Wildman–Crippen MR) is 85.0 cm³/mol. The van der Waals surface area contributed by atoms with Crippen molar-refractivity contribution in [3.63, 3.8) is 0 Å². The van der Waals surface area contributed by atoms with Crippen molar-refractivity contribution >= 4 is 11.6 Å². The first kappa shape index (κ1) is 15.0. The number of hydrogen-bond acceptors (Lipinski definition) is 3. The summed E-state index contributed by atoms with van der Waals surface area (Å²) >= 11 is 6.45. The van der Waals surface area contributed by atoms with E-state index in [1.165, 1.54) is 0 Å². The van der Waals surface area contributed by atoms with E-state index in [2.05, 4.69) is 27.7 Å². The van der Waals surface area contributed by atoms with Crippen LogP contribution in [0.25, 0.3) is 0 Å². The minimum Gasteiger partial charge on any atom is -0.490 e. The summed E-state index contributed by atoms with van der Waals surface area (Å²) in [4.78, 5) is 0.